The molecular formula is C16H25N3O2. The average molecular weight is 291 g/mol. The van der Waals surface area contributed by atoms with Gasteiger partial charge in [-0.15, -0.1) is 0 Å². The first-order valence-electron chi connectivity index (χ1n) is 7.54. The fourth-order valence-corrected chi connectivity index (χ4v) is 2.57. The first kappa shape index (κ1) is 15.8. The van der Waals surface area contributed by atoms with Gasteiger partial charge in [0.2, 0.25) is 0 Å². The summed E-state index contributed by atoms with van der Waals surface area (Å²) in [6, 6.07) is 4.46. The van der Waals surface area contributed by atoms with Gasteiger partial charge < -0.3 is 10.1 Å². The normalized spacial score (nSPS) is 19.5. The quantitative estimate of drug-likeness (QED) is 0.926. The molecule has 1 saturated heterocycles. The predicted molar refractivity (Wildman–Crippen MR) is 81.9 cm³/mol. The maximum Gasteiger partial charge on any atom is 0.407 e. The van der Waals surface area contributed by atoms with Crippen LogP contribution >= 0.6 is 0 Å². The van der Waals surface area contributed by atoms with Gasteiger partial charge in [0, 0.05) is 31.5 Å². The molecule has 0 bridgehead atoms. The zero-order chi connectivity index (χ0) is 15.3. The van der Waals surface area contributed by atoms with Gasteiger partial charge in [-0.1, -0.05) is 0 Å². The fourth-order valence-electron chi connectivity index (χ4n) is 2.57. The predicted octanol–water partition coefficient (Wildman–Crippen LogP) is 2.57. The van der Waals surface area contributed by atoms with Crippen molar-refractivity contribution in [2.75, 3.05) is 13.1 Å². The highest BCUT2D eigenvalue weighted by atomic mass is 16.6. The number of pyridine rings is 1. The molecule has 5 nitrogen and oxygen atoms in total. The number of amides is 1. The van der Waals surface area contributed by atoms with Gasteiger partial charge in [0.25, 0.3) is 0 Å². The van der Waals surface area contributed by atoms with Gasteiger partial charge in [0.15, 0.2) is 0 Å². The lowest BCUT2D eigenvalue weighted by Crippen LogP contribution is -2.41. The number of hydrogen-bond acceptors (Lipinski definition) is 4. The standard InChI is InChI=1S/C16H25N3O2/c1-16(2,3)21-15(20)18-11-14-5-4-10-19(14)12-13-6-8-17-9-7-13/h6-9,14H,4-5,10-12H2,1-3H3,(H,18,20)/t14-/m1/s1. The third kappa shape index (κ3) is 5.34. The third-order valence-electron chi connectivity index (χ3n) is 3.52. The highest BCUT2D eigenvalue weighted by molar-refractivity contribution is 5.67. The Labute approximate surface area is 126 Å². The van der Waals surface area contributed by atoms with Gasteiger partial charge >= 0.3 is 6.09 Å². The summed E-state index contributed by atoms with van der Waals surface area (Å²) in [5, 5.41) is 2.88. The van der Waals surface area contributed by atoms with Crippen LogP contribution in [0.1, 0.15) is 39.2 Å². The molecule has 1 aromatic heterocycles. The molecule has 2 rings (SSSR count). The van der Waals surface area contributed by atoms with Crippen molar-refractivity contribution in [1.29, 1.82) is 0 Å². The fraction of sp³-hybridized carbons (Fsp3) is 0.625. The Hall–Kier alpha value is -1.62. The summed E-state index contributed by atoms with van der Waals surface area (Å²) in [4.78, 5) is 18.2. The molecule has 1 atom stereocenters. The minimum absolute atomic E-state index is 0.335. The molecule has 0 spiro atoms. The monoisotopic (exact) mass is 291 g/mol. The summed E-state index contributed by atoms with van der Waals surface area (Å²) in [6.07, 6.45) is 5.59. The first-order chi connectivity index (χ1) is 9.94. The smallest absolute Gasteiger partial charge is 0.407 e. The Bertz CT molecular complexity index is 456. The number of ether oxygens (including phenoxy) is 1. The summed E-state index contributed by atoms with van der Waals surface area (Å²) in [5.74, 6) is 0. The number of nitrogens with zero attached hydrogens (tertiary/aromatic N) is 2. The van der Waals surface area contributed by atoms with Crippen LogP contribution in [0.4, 0.5) is 4.79 Å². The zero-order valence-corrected chi connectivity index (χ0v) is 13.1. The molecule has 0 radical (unpaired) electrons. The molecule has 116 valence electrons. The van der Waals surface area contributed by atoms with Crippen molar-refractivity contribution < 1.29 is 9.53 Å². The zero-order valence-electron chi connectivity index (χ0n) is 13.1. The molecule has 0 aromatic carbocycles. The molecule has 21 heavy (non-hydrogen) atoms. The van der Waals surface area contributed by atoms with E-state index in [1.807, 2.05) is 45.3 Å². The molecule has 1 N–H and O–H groups in total. The maximum atomic E-state index is 11.7. The Morgan fingerprint density at radius 2 is 2.14 bits per heavy atom. The SMILES string of the molecule is CC(C)(C)OC(=O)NC[C@H]1CCCN1Cc1ccncc1. The summed E-state index contributed by atoms with van der Waals surface area (Å²) < 4.78 is 5.27. The second-order valence-electron chi connectivity index (χ2n) is 6.50. The van der Waals surface area contributed by atoms with Crippen LogP contribution in [-0.2, 0) is 11.3 Å². The Morgan fingerprint density at radius 3 is 2.81 bits per heavy atom. The number of carbonyl (C=O) groups excluding carboxylic acids is 1. The van der Waals surface area contributed by atoms with Crippen LogP contribution in [0.2, 0.25) is 0 Å². The van der Waals surface area contributed by atoms with E-state index >= 15 is 0 Å². The molecule has 2 heterocycles. The minimum Gasteiger partial charge on any atom is -0.444 e. The molecule has 0 aliphatic carbocycles. The number of hydrogen-bond donors (Lipinski definition) is 1. The number of carbonyl (C=O) groups is 1. The van der Waals surface area contributed by atoms with E-state index in [0.29, 0.717) is 12.6 Å². The Morgan fingerprint density at radius 1 is 1.43 bits per heavy atom. The largest absolute Gasteiger partial charge is 0.444 e. The molecule has 0 saturated carbocycles. The van der Waals surface area contributed by atoms with Crippen molar-refractivity contribution >= 4 is 6.09 Å². The van der Waals surface area contributed by atoms with Crippen LogP contribution in [0.5, 0.6) is 0 Å². The van der Waals surface area contributed by atoms with Crippen molar-refractivity contribution in [2.45, 2.75) is 51.8 Å². The summed E-state index contributed by atoms with van der Waals surface area (Å²) >= 11 is 0. The molecule has 0 unspecified atom stereocenters. The maximum absolute atomic E-state index is 11.7. The average Bonchev–Trinajstić information content (AvgIpc) is 2.83. The molecule has 5 heteroatoms. The van der Waals surface area contributed by atoms with E-state index in [1.165, 1.54) is 12.0 Å². The molecule has 1 aliphatic heterocycles. The lowest BCUT2D eigenvalue weighted by Gasteiger charge is -2.26. The van der Waals surface area contributed by atoms with Gasteiger partial charge in [-0.2, -0.15) is 0 Å². The lowest BCUT2D eigenvalue weighted by atomic mass is 10.2. The molecule has 1 aromatic rings. The first-order valence-corrected chi connectivity index (χ1v) is 7.54. The number of rotatable bonds is 4. The van der Waals surface area contributed by atoms with Crippen molar-refractivity contribution in [1.82, 2.24) is 15.2 Å². The van der Waals surface area contributed by atoms with Gasteiger partial charge in [0.1, 0.15) is 5.60 Å². The van der Waals surface area contributed by atoms with Gasteiger partial charge in [-0.25, -0.2) is 4.79 Å². The Balaban J connectivity index is 1.81. The summed E-state index contributed by atoms with van der Waals surface area (Å²) in [7, 11) is 0. The van der Waals surface area contributed by atoms with Crippen LogP contribution in [0, 0.1) is 0 Å². The molecular weight excluding hydrogens is 266 g/mol. The van der Waals surface area contributed by atoms with E-state index in [2.05, 4.69) is 15.2 Å². The van der Waals surface area contributed by atoms with Crippen molar-refractivity contribution in [2.24, 2.45) is 0 Å². The third-order valence-corrected chi connectivity index (χ3v) is 3.52. The lowest BCUT2D eigenvalue weighted by molar-refractivity contribution is 0.0512. The number of alkyl carbamates (subject to hydrolysis) is 1. The second-order valence-corrected chi connectivity index (χ2v) is 6.50. The van der Waals surface area contributed by atoms with E-state index in [1.54, 1.807) is 0 Å². The van der Waals surface area contributed by atoms with Gasteiger partial charge in [-0.3, -0.25) is 9.88 Å². The second kappa shape index (κ2) is 6.89. The number of aromatic nitrogens is 1. The van der Waals surface area contributed by atoms with Gasteiger partial charge in [-0.05, 0) is 57.9 Å². The highest BCUT2D eigenvalue weighted by Gasteiger charge is 2.25. The van der Waals surface area contributed by atoms with Crippen molar-refractivity contribution in [3.63, 3.8) is 0 Å². The molecule has 1 amide bonds. The molecule has 1 aliphatic rings. The van der Waals surface area contributed by atoms with E-state index in [0.717, 1.165) is 19.5 Å². The van der Waals surface area contributed by atoms with Crippen LogP contribution in [-0.4, -0.2) is 40.7 Å². The van der Waals surface area contributed by atoms with Crippen molar-refractivity contribution in [3.05, 3.63) is 30.1 Å². The molecule has 1 fully saturated rings. The van der Waals surface area contributed by atoms with E-state index in [-0.39, 0.29) is 6.09 Å². The summed E-state index contributed by atoms with van der Waals surface area (Å²) in [5.41, 5.74) is 0.811. The van der Waals surface area contributed by atoms with E-state index in [4.69, 9.17) is 4.74 Å². The minimum atomic E-state index is -0.448. The number of nitrogens with one attached hydrogen (secondary N) is 1. The van der Waals surface area contributed by atoms with Crippen LogP contribution in [0.15, 0.2) is 24.5 Å². The van der Waals surface area contributed by atoms with Crippen molar-refractivity contribution in [3.8, 4) is 0 Å². The van der Waals surface area contributed by atoms with Crippen LogP contribution in [0.3, 0.4) is 0 Å². The Kier molecular flexibility index (Phi) is 5.17. The van der Waals surface area contributed by atoms with Crippen LogP contribution in [0.25, 0.3) is 0 Å². The summed E-state index contributed by atoms with van der Waals surface area (Å²) in [6.45, 7) is 8.24. The van der Waals surface area contributed by atoms with Crippen LogP contribution < -0.4 is 5.32 Å². The number of likely N-dealkylation sites (tertiary alicyclic amines) is 1. The van der Waals surface area contributed by atoms with E-state index in [9.17, 15) is 4.79 Å². The topological polar surface area (TPSA) is 54.5 Å². The van der Waals surface area contributed by atoms with Gasteiger partial charge in [0.05, 0.1) is 0 Å². The van der Waals surface area contributed by atoms with E-state index < -0.39 is 5.60 Å². The highest BCUT2D eigenvalue weighted by Crippen LogP contribution is 2.19.